The third kappa shape index (κ3) is 4.11. The third-order valence-electron chi connectivity index (χ3n) is 2.60. The molecule has 0 spiro atoms. The summed E-state index contributed by atoms with van der Waals surface area (Å²) in [6.07, 6.45) is 0.833. The molecule has 1 aromatic rings. The van der Waals surface area contributed by atoms with Gasteiger partial charge >= 0.3 is 0 Å². The van der Waals surface area contributed by atoms with E-state index >= 15 is 0 Å². The topological polar surface area (TPSA) is 50.4 Å². The van der Waals surface area contributed by atoms with Crippen LogP contribution in [0.25, 0.3) is 0 Å². The number of hydrogen-bond donors (Lipinski definition) is 2. The first-order valence-corrected chi connectivity index (χ1v) is 5.93. The first-order chi connectivity index (χ1) is 8.04. The van der Waals surface area contributed by atoms with E-state index in [2.05, 4.69) is 10.5 Å². The van der Waals surface area contributed by atoms with E-state index in [9.17, 15) is 0 Å². The van der Waals surface area contributed by atoms with E-state index in [4.69, 9.17) is 17.3 Å². The molecule has 0 aromatic heterocycles. The van der Waals surface area contributed by atoms with Gasteiger partial charge in [0.25, 0.3) is 0 Å². The van der Waals surface area contributed by atoms with Gasteiger partial charge in [0.1, 0.15) is 0 Å². The summed E-state index contributed by atoms with van der Waals surface area (Å²) in [5.41, 5.74) is 12.5. The maximum absolute atomic E-state index is 5.86. The summed E-state index contributed by atoms with van der Waals surface area (Å²) >= 11 is 5.80. The molecule has 17 heavy (non-hydrogen) atoms. The Bertz CT molecular complexity index is 432. The van der Waals surface area contributed by atoms with Crippen LogP contribution < -0.4 is 11.2 Å². The second-order valence-electron chi connectivity index (χ2n) is 3.82. The minimum atomic E-state index is 0.711. The van der Waals surface area contributed by atoms with Gasteiger partial charge < -0.3 is 5.73 Å². The van der Waals surface area contributed by atoms with E-state index < -0.39 is 0 Å². The average molecular weight is 252 g/mol. The van der Waals surface area contributed by atoms with E-state index in [-0.39, 0.29) is 0 Å². The van der Waals surface area contributed by atoms with Crippen LogP contribution in [0.15, 0.2) is 40.6 Å². The van der Waals surface area contributed by atoms with Crippen LogP contribution in [0.1, 0.15) is 27.2 Å². The van der Waals surface area contributed by atoms with Crippen molar-refractivity contribution in [1.29, 1.82) is 0 Å². The second kappa shape index (κ2) is 6.30. The van der Waals surface area contributed by atoms with E-state index in [0.29, 0.717) is 5.02 Å². The third-order valence-corrected chi connectivity index (χ3v) is 2.85. The lowest BCUT2D eigenvalue weighted by molar-refractivity contribution is 1.04. The molecule has 1 aromatic carbocycles. The number of rotatable bonds is 4. The zero-order valence-corrected chi connectivity index (χ0v) is 11.2. The lowest BCUT2D eigenvalue weighted by Crippen LogP contribution is -2.07. The first-order valence-electron chi connectivity index (χ1n) is 5.56. The molecule has 0 fully saturated rings. The molecule has 0 aliphatic carbocycles. The van der Waals surface area contributed by atoms with Crippen LogP contribution in [-0.2, 0) is 0 Å². The molecule has 0 aliphatic rings. The highest BCUT2D eigenvalue weighted by Crippen LogP contribution is 2.13. The lowest BCUT2D eigenvalue weighted by Gasteiger charge is -2.06. The van der Waals surface area contributed by atoms with Crippen LogP contribution in [0.4, 0.5) is 5.69 Å². The highest BCUT2D eigenvalue weighted by molar-refractivity contribution is 6.30. The van der Waals surface area contributed by atoms with Crippen molar-refractivity contribution in [3.63, 3.8) is 0 Å². The molecular weight excluding hydrogens is 234 g/mol. The van der Waals surface area contributed by atoms with E-state index in [1.165, 1.54) is 0 Å². The van der Waals surface area contributed by atoms with Crippen molar-refractivity contribution in [3.8, 4) is 0 Å². The van der Waals surface area contributed by atoms with Crippen LogP contribution in [0, 0.1) is 0 Å². The number of benzene rings is 1. The average Bonchev–Trinajstić information content (AvgIpc) is 2.35. The van der Waals surface area contributed by atoms with Crippen LogP contribution in [0.2, 0.25) is 5.02 Å². The zero-order valence-electron chi connectivity index (χ0n) is 10.4. The quantitative estimate of drug-likeness (QED) is 0.632. The molecule has 92 valence electrons. The van der Waals surface area contributed by atoms with Gasteiger partial charge in [-0.15, -0.1) is 0 Å². The fourth-order valence-electron chi connectivity index (χ4n) is 1.25. The molecule has 0 saturated heterocycles. The first kappa shape index (κ1) is 13.6. The lowest BCUT2D eigenvalue weighted by atomic mass is 10.1. The van der Waals surface area contributed by atoms with Crippen molar-refractivity contribution in [2.24, 2.45) is 10.8 Å². The summed E-state index contributed by atoms with van der Waals surface area (Å²) in [6.45, 7) is 5.93. The highest BCUT2D eigenvalue weighted by atomic mass is 35.5. The Labute approximate surface area is 107 Å². The van der Waals surface area contributed by atoms with Crippen molar-refractivity contribution in [1.82, 2.24) is 0 Å². The fraction of sp³-hybridized carbons (Fsp3) is 0.308. The highest BCUT2D eigenvalue weighted by Gasteiger charge is 2.00. The largest absolute Gasteiger partial charge is 0.402 e. The van der Waals surface area contributed by atoms with Crippen molar-refractivity contribution in [2.75, 3.05) is 5.43 Å². The number of allylic oxidation sites excluding steroid dienone is 2. The molecule has 0 bridgehead atoms. The fourth-order valence-corrected chi connectivity index (χ4v) is 1.38. The standard InChI is InChI=1S/C13H18ClN3/c1-4-13(15)9(2)10(3)16-17-12-7-5-11(14)6-8-12/h5-8,17H,4,15H2,1-3H3. The Kier molecular flexibility index (Phi) is 5.04. The summed E-state index contributed by atoms with van der Waals surface area (Å²) < 4.78 is 0. The number of nitrogens with zero attached hydrogens (tertiary/aromatic N) is 1. The van der Waals surface area contributed by atoms with Gasteiger partial charge in [0.15, 0.2) is 0 Å². The zero-order chi connectivity index (χ0) is 12.8. The minimum absolute atomic E-state index is 0.711. The Balaban J connectivity index is 2.74. The van der Waals surface area contributed by atoms with Crippen molar-refractivity contribution in [2.45, 2.75) is 27.2 Å². The minimum Gasteiger partial charge on any atom is -0.402 e. The number of hydrazone groups is 1. The Morgan fingerprint density at radius 3 is 2.41 bits per heavy atom. The summed E-state index contributed by atoms with van der Waals surface area (Å²) in [5, 5.41) is 4.99. The number of hydrogen-bond acceptors (Lipinski definition) is 3. The predicted molar refractivity (Wildman–Crippen MR) is 75.4 cm³/mol. The summed E-state index contributed by atoms with van der Waals surface area (Å²) in [5.74, 6) is 0. The van der Waals surface area contributed by atoms with Gasteiger partial charge in [-0.25, -0.2) is 0 Å². The molecule has 4 heteroatoms. The van der Waals surface area contributed by atoms with E-state index in [1.54, 1.807) is 0 Å². The second-order valence-corrected chi connectivity index (χ2v) is 4.26. The van der Waals surface area contributed by atoms with Gasteiger partial charge in [0, 0.05) is 10.7 Å². The number of nitrogens with one attached hydrogen (secondary N) is 1. The SMILES string of the molecule is CCC(N)=C(C)C(C)=NNc1ccc(Cl)cc1. The van der Waals surface area contributed by atoms with Crippen molar-refractivity contribution >= 4 is 23.0 Å². The van der Waals surface area contributed by atoms with Gasteiger partial charge in [-0.1, -0.05) is 18.5 Å². The van der Waals surface area contributed by atoms with Crippen molar-refractivity contribution in [3.05, 3.63) is 40.6 Å². The Hall–Kier alpha value is -1.48. The monoisotopic (exact) mass is 251 g/mol. The van der Waals surface area contributed by atoms with Crippen LogP contribution in [-0.4, -0.2) is 5.71 Å². The molecular formula is C13H18ClN3. The molecule has 0 atom stereocenters. The summed E-state index contributed by atoms with van der Waals surface area (Å²) in [7, 11) is 0. The van der Waals surface area contributed by atoms with Crippen LogP contribution in [0.3, 0.4) is 0 Å². The molecule has 0 amide bonds. The molecule has 0 heterocycles. The van der Waals surface area contributed by atoms with E-state index in [1.807, 2.05) is 45.0 Å². The Morgan fingerprint density at radius 1 is 1.29 bits per heavy atom. The Morgan fingerprint density at radius 2 is 1.88 bits per heavy atom. The number of anilines is 1. The van der Waals surface area contributed by atoms with E-state index in [0.717, 1.165) is 29.1 Å². The molecule has 1 rings (SSSR count). The van der Waals surface area contributed by atoms with Gasteiger partial charge in [0.05, 0.1) is 11.4 Å². The van der Waals surface area contributed by atoms with Crippen LogP contribution >= 0.6 is 11.6 Å². The maximum atomic E-state index is 5.86. The predicted octanol–water partition coefficient (Wildman–Crippen LogP) is 3.77. The smallest absolute Gasteiger partial charge is 0.0622 e. The van der Waals surface area contributed by atoms with Gasteiger partial charge in [-0.05, 0) is 50.1 Å². The molecule has 0 aliphatic heterocycles. The van der Waals surface area contributed by atoms with Gasteiger partial charge in [-0.2, -0.15) is 5.10 Å². The summed E-state index contributed by atoms with van der Waals surface area (Å²) in [6, 6.07) is 7.39. The maximum Gasteiger partial charge on any atom is 0.0622 e. The molecule has 3 N–H and O–H groups in total. The molecule has 0 radical (unpaired) electrons. The summed E-state index contributed by atoms with van der Waals surface area (Å²) in [4.78, 5) is 0. The van der Waals surface area contributed by atoms with Gasteiger partial charge in [-0.3, -0.25) is 5.43 Å². The van der Waals surface area contributed by atoms with Crippen molar-refractivity contribution < 1.29 is 0 Å². The number of nitrogens with two attached hydrogens (primary N) is 1. The van der Waals surface area contributed by atoms with Crippen LogP contribution in [0.5, 0.6) is 0 Å². The normalized spacial score (nSPS) is 13.3. The molecule has 3 nitrogen and oxygen atoms in total. The molecule has 0 saturated carbocycles. The number of halogens is 1. The molecule has 0 unspecified atom stereocenters. The van der Waals surface area contributed by atoms with Gasteiger partial charge in [0.2, 0.25) is 0 Å².